The molecule has 2 bridgehead atoms. The Hall–Kier alpha value is -2.55. The molecule has 3 N–H and O–H groups in total. The minimum Gasteiger partial charge on any atom is -0.378 e. The van der Waals surface area contributed by atoms with Crippen molar-refractivity contribution in [2.75, 3.05) is 19.5 Å². The number of thioether (sulfide) groups is 1. The van der Waals surface area contributed by atoms with Gasteiger partial charge in [0, 0.05) is 50.9 Å². The fourth-order valence-corrected chi connectivity index (χ4v) is 7.66. The van der Waals surface area contributed by atoms with Gasteiger partial charge >= 0.3 is 0 Å². The minimum atomic E-state index is -0.146. The molecule has 0 spiro atoms. The Bertz CT molecular complexity index is 1400. The highest BCUT2D eigenvalue weighted by Gasteiger charge is 2.70. The molecule has 7 rings (SSSR count). The molecule has 1 amide bonds. The van der Waals surface area contributed by atoms with E-state index in [1.54, 1.807) is 0 Å². The number of nitrogens with one attached hydrogen (secondary N) is 3. The molecule has 1 aromatic carbocycles. The number of ether oxygens (including phenoxy) is 1. The Morgan fingerprint density at radius 3 is 2.64 bits per heavy atom. The van der Waals surface area contributed by atoms with Crippen molar-refractivity contribution in [3.05, 3.63) is 63.2 Å². The number of hydrogen-bond donors (Lipinski definition) is 3. The molecule has 3 heterocycles. The highest BCUT2D eigenvalue weighted by atomic mass is 32.2. The average molecular weight is 507 g/mol. The Kier molecular flexibility index (Phi) is 5.63. The molecule has 0 radical (unpaired) electrons. The smallest absolute Gasteiger partial charge is 0.254 e. The van der Waals surface area contributed by atoms with Crippen molar-refractivity contribution < 1.29 is 9.53 Å². The van der Waals surface area contributed by atoms with Crippen molar-refractivity contribution in [3.63, 3.8) is 0 Å². The summed E-state index contributed by atoms with van der Waals surface area (Å²) in [5.74, 6) is -0.137. The lowest BCUT2D eigenvalue weighted by Crippen LogP contribution is -2.78. The van der Waals surface area contributed by atoms with Crippen LogP contribution in [0.1, 0.15) is 59.5 Å². The van der Waals surface area contributed by atoms with Crippen molar-refractivity contribution in [1.82, 2.24) is 20.2 Å². The number of benzene rings is 1. The Morgan fingerprint density at radius 1 is 1.25 bits per heavy atom. The number of hydrogen-bond acceptors (Lipinski definition) is 5. The largest absolute Gasteiger partial charge is 0.378 e. The van der Waals surface area contributed by atoms with Crippen LogP contribution in [0.4, 0.5) is 0 Å². The second-order valence-corrected chi connectivity index (χ2v) is 11.9. The van der Waals surface area contributed by atoms with Gasteiger partial charge in [0.25, 0.3) is 11.5 Å². The minimum absolute atomic E-state index is 0.137. The van der Waals surface area contributed by atoms with E-state index in [0.717, 1.165) is 40.4 Å². The third-order valence-corrected chi connectivity index (χ3v) is 9.56. The monoisotopic (exact) mass is 506 g/mol. The first kappa shape index (κ1) is 23.8. The maximum absolute atomic E-state index is 13.6. The number of H-pyrrole nitrogens is 1. The van der Waals surface area contributed by atoms with E-state index in [-0.39, 0.29) is 29.0 Å². The van der Waals surface area contributed by atoms with Gasteiger partial charge in [-0.1, -0.05) is 18.2 Å². The van der Waals surface area contributed by atoms with E-state index < -0.39 is 0 Å². The van der Waals surface area contributed by atoms with Crippen molar-refractivity contribution in [2.45, 2.75) is 69.1 Å². The van der Waals surface area contributed by atoms with Crippen LogP contribution in [0, 0.1) is 19.3 Å². The number of pyridine rings is 1. The molecule has 7 nitrogen and oxygen atoms in total. The number of aryl methyl sites for hydroxylation is 1. The molecule has 0 unspecified atom stereocenters. The molecule has 1 aliphatic heterocycles. The van der Waals surface area contributed by atoms with Crippen LogP contribution in [0.5, 0.6) is 0 Å². The highest BCUT2D eigenvalue weighted by molar-refractivity contribution is 7.98. The summed E-state index contributed by atoms with van der Waals surface area (Å²) in [6, 6.07) is 11.0. The molecule has 36 heavy (non-hydrogen) atoms. The Morgan fingerprint density at radius 2 is 1.97 bits per heavy atom. The van der Waals surface area contributed by atoms with Crippen LogP contribution in [0.2, 0.25) is 0 Å². The summed E-state index contributed by atoms with van der Waals surface area (Å²) in [7, 11) is 0. The summed E-state index contributed by atoms with van der Waals surface area (Å²) in [6.45, 7) is 8.10. The predicted octanol–water partition coefficient (Wildman–Crippen LogP) is 4.07. The zero-order chi connectivity index (χ0) is 25.2. The molecule has 1 saturated heterocycles. The molecule has 8 heteroatoms. The first-order chi connectivity index (χ1) is 17.3. The van der Waals surface area contributed by atoms with Crippen LogP contribution < -0.4 is 16.2 Å². The van der Waals surface area contributed by atoms with E-state index in [9.17, 15) is 9.59 Å². The third kappa shape index (κ3) is 3.56. The van der Waals surface area contributed by atoms with Crippen LogP contribution in [0.15, 0.2) is 40.0 Å². The van der Waals surface area contributed by atoms with E-state index in [1.807, 2.05) is 37.4 Å². The lowest BCUT2D eigenvalue weighted by Gasteiger charge is -2.74. The van der Waals surface area contributed by atoms with E-state index in [0.29, 0.717) is 23.2 Å². The van der Waals surface area contributed by atoms with E-state index >= 15 is 0 Å². The normalized spacial score (nSPS) is 25.7. The van der Waals surface area contributed by atoms with Gasteiger partial charge in [-0.3, -0.25) is 9.59 Å². The molecule has 2 aromatic heterocycles. The molecule has 4 aliphatic rings. The number of rotatable bonds is 8. The van der Waals surface area contributed by atoms with Gasteiger partial charge in [-0.25, -0.2) is 0 Å². The van der Waals surface area contributed by atoms with Crippen molar-refractivity contribution in [2.24, 2.45) is 5.41 Å². The number of nitrogens with zero attached hydrogens (tertiary/aromatic N) is 1. The standard InChI is InChI=1S/C28H34N4O3S/c1-16-9-23(36-4)21(25(33)30-16)10-29-26(34)24-17(2)32(22-8-6-5-7-20(22)24)18(3)27-13-28(14-27,15-27)31-19-11-35-12-19/h5-9,18-19,31H,10-15H2,1-4H3,(H,29,34)(H,30,33)/t18-,27?,28?/m1/s1. The van der Waals surface area contributed by atoms with Gasteiger partial charge in [0.05, 0.1) is 24.8 Å². The number of aromatic nitrogens is 2. The molecule has 3 aliphatic carbocycles. The summed E-state index contributed by atoms with van der Waals surface area (Å²) in [5, 5.41) is 7.83. The van der Waals surface area contributed by atoms with Gasteiger partial charge in [0.2, 0.25) is 0 Å². The number of aromatic amines is 1. The molecule has 3 aromatic rings. The summed E-state index contributed by atoms with van der Waals surface area (Å²) in [5.41, 5.74) is 4.63. The summed E-state index contributed by atoms with van der Waals surface area (Å²) < 4.78 is 7.73. The molecule has 190 valence electrons. The fraction of sp³-hybridized carbons (Fsp3) is 0.500. The van der Waals surface area contributed by atoms with Crippen LogP contribution in [0.25, 0.3) is 10.9 Å². The fourth-order valence-electron chi connectivity index (χ4n) is 6.96. The second-order valence-electron chi connectivity index (χ2n) is 11.1. The second kappa shape index (κ2) is 8.50. The van der Waals surface area contributed by atoms with E-state index in [2.05, 4.69) is 40.1 Å². The Balaban J connectivity index is 1.26. The van der Waals surface area contributed by atoms with Gasteiger partial charge in [-0.2, -0.15) is 0 Å². The SMILES string of the molecule is CSc1cc(C)[nH]c(=O)c1CNC(=O)c1c(C)n([C@H](C)C23CC(NC4COC4)(C2)C3)c2ccccc12. The maximum Gasteiger partial charge on any atom is 0.254 e. The summed E-state index contributed by atoms with van der Waals surface area (Å²) in [4.78, 5) is 29.9. The van der Waals surface area contributed by atoms with Crippen LogP contribution >= 0.6 is 11.8 Å². The van der Waals surface area contributed by atoms with E-state index in [4.69, 9.17) is 4.74 Å². The number of fused-ring (bicyclic) bond motifs is 1. The number of carbonyl (C=O) groups excluding carboxylic acids is 1. The summed E-state index contributed by atoms with van der Waals surface area (Å²) >= 11 is 1.52. The Labute approximate surface area is 215 Å². The number of para-hydroxylation sites is 1. The van der Waals surface area contributed by atoms with Gasteiger partial charge in [0.1, 0.15) is 0 Å². The van der Waals surface area contributed by atoms with Gasteiger partial charge in [-0.15, -0.1) is 11.8 Å². The van der Waals surface area contributed by atoms with Crippen LogP contribution in [-0.4, -0.2) is 46.5 Å². The lowest BCUT2D eigenvalue weighted by atomic mass is 9.37. The van der Waals surface area contributed by atoms with Crippen molar-refractivity contribution in [3.8, 4) is 0 Å². The van der Waals surface area contributed by atoms with Crippen LogP contribution in [0.3, 0.4) is 0 Å². The number of carbonyl (C=O) groups is 1. The molecule has 4 fully saturated rings. The van der Waals surface area contributed by atoms with Crippen molar-refractivity contribution in [1.29, 1.82) is 0 Å². The first-order valence-corrected chi connectivity index (χ1v) is 14.0. The zero-order valence-electron chi connectivity index (χ0n) is 21.4. The average Bonchev–Trinajstić information content (AvgIpc) is 3.06. The molecular weight excluding hydrogens is 472 g/mol. The van der Waals surface area contributed by atoms with Gasteiger partial charge in [-0.05, 0) is 63.8 Å². The highest BCUT2D eigenvalue weighted by Crippen LogP contribution is 2.72. The predicted molar refractivity (Wildman–Crippen MR) is 143 cm³/mol. The topological polar surface area (TPSA) is 88.2 Å². The van der Waals surface area contributed by atoms with Gasteiger partial charge < -0.3 is 24.9 Å². The first-order valence-electron chi connectivity index (χ1n) is 12.8. The number of amides is 1. The third-order valence-electron chi connectivity index (χ3n) is 8.75. The zero-order valence-corrected chi connectivity index (χ0v) is 22.2. The molecular formula is C28H34N4O3S. The lowest BCUT2D eigenvalue weighted by molar-refractivity contribution is -0.197. The maximum atomic E-state index is 13.6. The van der Waals surface area contributed by atoms with Crippen LogP contribution in [-0.2, 0) is 11.3 Å². The molecule has 1 atom stereocenters. The van der Waals surface area contributed by atoms with Crippen molar-refractivity contribution >= 4 is 28.6 Å². The summed E-state index contributed by atoms with van der Waals surface area (Å²) in [6.07, 6.45) is 5.49. The quantitative estimate of drug-likeness (QED) is 0.401. The van der Waals surface area contributed by atoms with Gasteiger partial charge in [0.15, 0.2) is 0 Å². The van der Waals surface area contributed by atoms with E-state index in [1.165, 1.54) is 31.0 Å². The molecule has 3 saturated carbocycles.